The topological polar surface area (TPSA) is 0 Å². The van der Waals surface area contributed by atoms with Crippen LogP contribution >= 0.6 is 0 Å². The molecular formula is Cl6Na-5. The molecule has 0 atom stereocenters. The summed E-state index contributed by atoms with van der Waals surface area (Å²) in [6.07, 6.45) is 0. The summed E-state index contributed by atoms with van der Waals surface area (Å²) < 4.78 is 0. The van der Waals surface area contributed by atoms with Gasteiger partial charge in [0, 0.05) is 0 Å². The zero-order chi connectivity index (χ0) is 0. The molecule has 0 saturated heterocycles. The van der Waals surface area contributed by atoms with Crippen LogP contribution in [-0.4, -0.2) is 0 Å². The molecule has 0 nitrogen and oxygen atoms in total. The molecule has 0 aromatic carbocycles. The van der Waals surface area contributed by atoms with Gasteiger partial charge in [0.2, 0.25) is 0 Å². The fourth-order valence-electron chi connectivity index (χ4n) is 0. The standard InChI is InChI=1S/6ClH.Na/h6*1H;/q;;;;;;+1/p-6. The van der Waals surface area contributed by atoms with Crippen LogP contribution in [0.25, 0.3) is 0 Å². The van der Waals surface area contributed by atoms with E-state index < -0.39 is 0 Å². The van der Waals surface area contributed by atoms with E-state index in [2.05, 4.69) is 0 Å². The van der Waals surface area contributed by atoms with Gasteiger partial charge in [-0.1, -0.05) is 0 Å². The van der Waals surface area contributed by atoms with Crippen molar-refractivity contribution in [2.24, 2.45) is 0 Å². The number of halogens is 6. The van der Waals surface area contributed by atoms with Crippen LogP contribution in [0.3, 0.4) is 0 Å². The van der Waals surface area contributed by atoms with Gasteiger partial charge in [-0.15, -0.1) is 0 Å². The average Bonchev–Trinajstić information content (AvgIpc) is 0. The third kappa shape index (κ3) is 52.9. The quantitative estimate of drug-likeness (QED) is 0.366. The van der Waals surface area contributed by atoms with Gasteiger partial charge in [0.05, 0.1) is 0 Å². The van der Waals surface area contributed by atoms with Crippen molar-refractivity contribution < 1.29 is 104 Å². The predicted molar refractivity (Wildman–Crippen MR) is 0 cm³/mol. The van der Waals surface area contributed by atoms with E-state index >= 15 is 0 Å². The maximum Gasteiger partial charge on any atom is 1.00 e. The summed E-state index contributed by atoms with van der Waals surface area (Å²) in [4.78, 5) is 0. The second kappa shape index (κ2) is 69.7. The van der Waals surface area contributed by atoms with Gasteiger partial charge in [-0.25, -0.2) is 0 Å². The smallest absolute Gasteiger partial charge is 1.00 e. The Morgan fingerprint density at radius 1 is 0.286 bits per heavy atom. The molecule has 0 spiro atoms. The van der Waals surface area contributed by atoms with Crippen LogP contribution in [0.15, 0.2) is 0 Å². The van der Waals surface area contributed by atoms with Crippen LogP contribution in [-0.2, 0) is 0 Å². The maximum atomic E-state index is 0. The van der Waals surface area contributed by atoms with Crippen LogP contribution in [0.4, 0.5) is 0 Å². The van der Waals surface area contributed by atoms with Crippen molar-refractivity contribution in [3.05, 3.63) is 0 Å². The van der Waals surface area contributed by atoms with E-state index in [1.54, 1.807) is 0 Å². The molecule has 0 N–H and O–H groups in total. The van der Waals surface area contributed by atoms with Crippen LogP contribution in [0, 0.1) is 0 Å². The molecule has 0 amide bonds. The van der Waals surface area contributed by atoms with Crippen LogP contribution in [0.2, 0.25) is 0 Å². The minimum Gasteiger partial charge on any atom is -1.00 e. The van der Waals surface area contributed by atoms with E-state index in [4.69, 9.17) is 0 Å². The van der Waals surface area contributed by atoms with E-state index in [0.717, 1.165) is 0 Å². The molecule has 0 aliphatic rings. The van der Waals surface area contributed by atoms with Crippen molar-refractivity contribution in [2.45, 2.75) is 0 Å². The SMILES string of the molecule is [Cl-].[Cl-].[Cl-].[Cl-].[Cl-].[Cl-].[Na+]. The molecular weight excluding hydrogens is 236 g/mol. The van der Waals surface area contributed by atoms with Crippen molar-refractivity contribution in [1.82, 2.24) is 0 Å². The molecule has 0 fully saturated rings. The second-order valence-corrected chi connectivity index (χ2v) is 0. The Balaban J connectivity index is 0. The predicted octanol–water partition coefficient (Wildman–Crippen LogP) is -21.0. The summed E-state index contributed by atoms with van der Waals surface area (Å²) in [5.74, 6) is 0. The third-order valence-electron chi connectivity index (χ3n) is 0. The maximum absolute atomic E-state index is 0. The Labute approximate surface area is 103 Å². The van der Waals surface area contributed by atoms with Gasteiger partial charge in [-0.2, -0.15) is 0 Å². The summed E-state index contributed by atoms with van der Waals surface area (Å²) in [6, 6.07) is 0. The van der Waals surface area contributed by atoms with Crippen LogP contribution < -0.4 is 104 Å². The largest absolute Gasteiger partial charge is 1.00 e. The molecule has 7 heteroatoms. The zero-order valence-electron chi connectivity index (χ0n) is 3.27. The first kappa shape index (κ1) is 99.1. The molecule has 0 aliphatic carbocycles. The van der Waals surface area contributed by atoms with Gasteiger partial charge < -0.3 is 74.4 Å². The van der Waals surface area contributed by atoms with Crippen LogP contribution in [0.5, 0.6) is 0 Å². The summed E-state index contributed by atoms with van der Waals surface area (Å²) in [5, 5.41) is 0. The molecule has 0 radical (unpaired) electrons. The fourth-order valence-corrected chi connectivity index (χ4v) is 0. The molecule has 0 aromatic rings. The minimum absolute atomic E-state index is 0. The van der Waals surface area contributed by atoms with E-state index in [9.17, 15) is 0 Å². The first-order chi connectivity index (χ1) is 0. The first-order valence-corrected chi connectivity index (χ1v) is 0. The second-order valence-electron chi connectivity index (χ2n) is 0. The number of rotatable bonds is 0. The molecule has 0 rings (SSSR count). The van der Waals surface area contributed by atoms with Crippen molar-refractivity contribution in [3.8, 4) is 0 Å². The van der Waals surface area contributed by atoms with E-state index in [0.29, 0.717) is 0 Å². The normalized spacial score (nSPS) is 0. The molecule has 7 heavy (non-hydrogen) atoms. The van der Waals surface area contributed by atoms with Gasteiger partial charge in [0.15, 0.2) is 0 Å². The van der Waals surface area contributed by atoms with Crippen LogP contribution in [0.1, 0.15) is 0 Å². The average molecular weight is 236 g/mol. The molecule has 0 saturated carbocycles. The molecule has 0 bridgehead atoms. The Morgan fingerprint density at radius 3 is 0.286 bits per heavy atom. The Morgan fingerprint density at radius 2 is 0.286 bits per heavy atom. The number of hydrogen-bond donors (Lipinski definition) is 0. The van der Waals surface area contributed by atoms with E-state index in [1.165, 1.54) is 0 Å². The fraction of sp³-hybridized carbons (Fsp3) is 0. The van der Waals surface area contributed by atoms with Gasteiger partial charge >= 0.3 is 29.6 Å². The van der Waals surface area contributed by atoms with Gasteiger partial charge in [-0.05, 0) is 0 Å². The van der Waals surface area contributed by atoms with E-state index in [1.807, 2.05) is 0 Å². The Hall–Kier alpha value is 2.74. The van der Waals surface area contributed by atoms with Gasteiger partial charge in [-0.3, -0.25) is 0 Å². The first-order valence-electron chi connectivity index (χ1n) is 0. The number of hydrogen-bond acceptors (Lipinski definition) is 0. The molecule has 0 unspecified atom stereocenters. The molecule has 0 aliphatic heterocycles. The summed E-state index contributed by atoms with van der Waals surface area (Å²) >= 11 is 0. The van der Waals surface area contributed by atoms with Crippen molar-refractivity contribution in [1.29, 1.82) is 0 Å². The summed E-state index contributed by atoms with van der Waals surface area (Å²) in [6.45, 7) is 0. The monoisotopic (exact) mass is 233 g/mol. The molecule has 0 heterocycles. The summed E-state index contributed by atoms with van der Waals surface area (Å²) in [7, 11) is 0. The van der Waals surface area contributed by atoms with Crippen molar-refractivity contribution >= 4 is 0 Å². The third-order valence-corrected chi connectivity index (χ3v) is 0. The molecule has 0 aromatic heterocycles. The molecule has 48 valence electrons. The minimum atomic E-state index is 0. The van der Waals surface area contributed by atoms with Gasteiger partial charge in [0.1, 0.15) is 0 Å². The zero-order valence-corrected chi connectivity index (χ0v) is 9.80. The Kier molecular flexibility index (Phi) is 987. The van der Waals surface area contributed by atoms with Gasteiger partial charge in [0.25, 0.3) is 0 Å². The van der Waals surface area contributed by atoms with Crippen molar-refractivity contribution in [2.75, 3.05) is 0 Å². The van der Waals surface area contributed by atoms with E-state index in [-0.39, 0.29) is 104 Å². The summed E-state index contributed by atoms with van der Waals surface area (Å²) in [5.41, 5.74) is 0. The van der Waals surface area contributed by atoms with Crippen molar-refractivity contribution in [3.63, 3.8) is 0 Å². The Bertz CT molecular complexity index is 4.14.